The van der Waals surface area contributed by atoms with E-state index in [1.54, 1.807) is 7.11 Å². The van der Waals surface area contributed by atoms with E-state index in [-0.39, 0.29) is 0 Å². The van der Waals surface area contributed by atoms with E-state index in [0.717, 1.165) is 10.7 Å². The molecule has 0 amide bonds. The first-order chi connectivity index (χ1) is 7.63. The Morgan fingerprint density at radius 2 is 2.00 bits per heavy atom. The molecule has 1 aliphatic carbocycles. The van der Waals surface area contributed by atoms with Crippen molar-refractivity contribution >= 4 is 18.2 Å². The Morgan fingerprint density at radius 3 is 2.50 bits per heavy atom. The number of hydrogen-bond acceptors (Lipinski definition) is 2. The highest BCUT2D eigenvalue weighted by atomic mass is 32.1. The van der Waals surface area contributed by atoms with Crippen LogP contribution < -0.4 is 4.74 Å². The minimum Gasteiger partial charge on any atom is -0.496 e. The van der Waals surface area contributed by atoms with E-state index < -0.39 is 0 Å². The summed E-state index contributed by atoms with van der Waals surface area (Å²) in [5.74, 6) is 1.34. The molecule has 0 N–H and O–H groups in total. The van der Waals surface area contributed by atoms with E-state index in [1.807, 2.05) is 6.07 Å². The summed E-state index contributed by atoms with van der Waals surface area (Å²) in [5, 5.41) is 0. The van der Waals surface area contributed by atoms with Gasteiger partial charge in [-0.25, -0.2) is 0 Å². The monoisotopic (exact) mass is 232 g/mol. The molecule has 0 aromatic heterocycles. The van der Waals surface area contributed by atoms with Crippen LogP contribution in [0.25, 0.3) is 5.57 Å². The third-order valence-corrected chi connectivity index (χ3v) is 3.61. The van der Waals surface area contributed by atoms with Gasteiger partial charge in [0.15, 0.2) is 0 Å². The molecule has 84 valence electrons. The number of methoxy groups -OCH3 is 1. The van der Waals surface area contributed by atoms with E-state index in [2.05, 4.69) is 50.8 Å². The molecular weight excluding hydrogens is 216 g/mol. The van der Waals surface area contributed by atoms with Crippen molar-refractivity contribution in [3.05, 3.63) is 46.4 Å². The predicted molar refractivity (Wildman–Crippen MR) is 71.9 cm³/mol. The Balaban J connectivity index is 2.34. The van der Waals surface area contributed by atoms with Crippen LogP contribution in [-0.4, -0.2) is 7.11 Å². The summed E-state index contributed by atoms with van der Waals surface area (Å²) in [6, 6.07) is 6.30. The Hall–Kier alpha value is -1.15. The van der Waals surface area contributed by atoms with Crippen LogP contribution in [0.2, 0.25) is 0 Å². The Morgan fingerprint density at radius 1 is 1.25 bits per heavy atom. The number of thiol groups is 1. The van der Waals surface area contributed by atoms with Gasteiger partial charge in [-0.3, -0.25) is 0 Å². The van der Waals surface area contributed by atoms with Crippen LogP contribution in [0.15, 0.2) is 35.3 Å². The maximum atomic E-state index is 5.26. The van der Waals surface area contributed by atoms with Gasteiger partial charge in [0.05, 0.1) is 7.11 Å². The van der Waals surface area contributed by atoms with Gasteiger partial charge in [0.2, 0.25) is 0 Å². The first kappa shape index (κ1) is 11.3. The smallest absolute Gasteiger partial charge is 0.121 e. The highest BCUT2D eigenvalue weighted by Crippen LogP contribution is 2.36. The largest absolute Gasteiger partial charge is 0.496 e. The first-order valence-corrected chi connectivity index (χ1v) is 5.84. The molecule has 1 aromatic rings. The summed E-state index contributed by atoms with van der Waals surface area (Å²) >= 11 is 4.45. The molecule has 16 heavy (non-hydrogen) atoms. The topological polar surface area (TPSA) is 9.23 Å². The van der Waals surface area contributed by atoms with Crippen molar-refractivity contribution in [2.45, 2.75) is 13.8 Å². The van der Waals surface area contributed by atoms with E-state index >= 15 is 0 Å². The Bertz CT molecular complexity index is 472. The van der Waals surface area contributed by atoms with Gasteiger partial charge < -0.3 is 4.74 Å². The summed E-state index contributed by atoms with van der Waals surface area (Å²) in [6.45, 7) is 4.24. The third kappa shape index (κ3) is 1.90. The zero-order valence-corrected chi connectivity index (χ0v) is 10.7. The molecular formula is C14H16OS. The molecule has 1 atom stereocenters. The Kier molecular flexibility index (Phi) is 3.10. The summed E-state index contributed by atoms with van der Waals surface area (Å²) in [7, 11) is 1.70. The highest BCUT2D eigenvalue weighted by molar-refractivity contribution is 7.84. The van der Waals surface area contributed by atoms with Crippen LogP contribution in [-0.2, 0) is 0 Å². The maximum absolute atomic E-state index is 5.26. The van der Waals surface area contributed by atoms with Crippen LogP contribution in [0.4, 0.5) is 0 Å². The summed E-state index contributed by atoms with van der Waals surface area (Å²) in [5.41, 5.74) is 3.75. The summed E-state index contributed by atoms with van der Waals surface area (Å²) in [6.07, 6.45) is 4.22. The minimum absolute atomic E-state index is 0.399. The molecule has 1 nitrogen and oxygen atoms in total. The average Bonchev–Trinajstić information content (AvgIpc) is 2.60. The van der Waals surface area contributed by atoms with E-state index in [0.29, 0.717) is 5.92 Å². The lowest BCUT2D eigenvalue weighted by molar-refractivity contribution is 0.411. The fourth-order valence-corrected chi connectivity index (χ4v) is 2.24. The molecule has 0 heterocycles. The average molecular weight is 232 g/mol. The van der Waals surface area contributed by atoms with Crippen molar-refractivity contribution in [2.75, 3.05) is 7.11 Å². The second kappa shape index (κ2) is 4.38. The SMILES string of the molecule is COc1ccc(C2=CC=C(S)C2C)cc1C. The molecule has 1 unspecified atom stereocenters. The predicted octanol–water partition coefficient (Wildman–Crippen LogP) is 3.85. The molecule has 0 saturated carbocycles. The van der Waals surface area contributed by atoms with Crippen LogP contribution in [0, 0.1) is 12.8 Å². The summed E-state index contributed by atoms with van der Waals surface area (Å²) < 4.78 is 5.26. The first-order valence-electron chi connectivity index (χ1n) is 5.39. The molecule has 2 rings (SSSR count). The number of ether oxygens (including phenoxy) is 1. The minimum atomic E-state index is 0.399. The molecule has 2 heteroatoms. The van der Waals surface area contributed by atoms with Gasteiger partial charge in [-0.15, -0.1) is 12.6 Å². The van der Waals surface area contributed by atoms with Gasteiger partial charge in [0.1, 0.15) is 5.75 Å². The quantitative estimate of drug-likeness (QED) is 0.762. The van der Waals surface area contributed by atoms with Crippen molar-refractivity contribution in [1.29, 1.82) is 0 Å². The van der Waals surface area contributed by atoms with Gasteiger partial charge in [0.25, 0.3) is 0 Å². The lowest BCUT2D eigenvalue weighted by atomic mass is 9.95. The Labute approximate surface area is 102 Å². The molecule has 0 saturated heterocycles. The van der Waals surface area contributed by atoms with E-state index in [9.17, 15) is 0 Å². The fraction of sp³-hybridized carbons (Fsp3) is 0.286. The maximum Gasteiger partial charge on any atom is 0.121 e. The van der Waals surface area contributed by atoms with Gasteiger partial charge in [-0.1, -0.05) is 25.1 Å². The van der Waals surface area contributed by atoms with Crippen molar-refractivity contribution in [3.63, 3.8) is 0 Å². The number of rotatable bonds is 2. The molecule has 0 spiro atoms. The lowest BCUT2D eigenvalue weighted by Crippen LogP contribution is -1.96. The molecule has 1 aliphatic rings. The van der Waals surface area contributed by atoms with Gasteiger partial charge in [-0.05, 0) is 40.7 Å². The van der Waals surface area contributed by atoms with E-state index in [4.69, 9.17) is 4.74 Å². The van der Waals surface area contributed by atoms with Crippen molar-refractivity contribution in [1.82, 2.24) is 0 Å². The summed E-state index contributed by atoms with van der Waals surface area (Å²) in [4.78, 5) is 1.13. The zero-order valence-electron chi connectivity index (χ0n) is 9.82. The van der Waals surface area contributed by atoms with Crippen LogP contribution >= 0.6 is 12.6 Å². The van der Waals surface area contributed by atoms with Gasteiger partial charge in [0, 0.05) is 5.92 Å². The number of benzene rings is 1. The second-order valence-electron chi connectivity index (χ2n) is 4.12. The molecule has 1 aromatic carbocycles. The highest BCUT2D eigenvalue weighted by Gasteiger charge is 2.17. The van der Waals surface area contributed by atoms with Crippen molar-refractivity contribution < 1.29 is 4.74 Å². The number of aryl methyl sites for hydroxylation is 1. The fourth-order valence-electron chi connectivity index (χ4n) is 2.03. The van der Waals surface area contributed by atoms with E-state index in [1.165, 1.54) is 16.7 Å². The van der Waals surface area contributed by atoms with Crippen molar-refractivity contribution in [3.8, 4) is 5.75 Å². The second-order valence-corrected chi connectivity index (χ2v) is 4.64. The van der Waals surface area contributed by atoms with Crippen molar-refractivity contribution in [2.24, 2.45) is 5.92 Å². The van der Waals surface area contributed by atoms with Crippen LogP contribution in [0.1, 0.15) is 18.1 Å². The number of hydrogen-bond donors (Lipinski definition) is 1. The molecule has 0 radical (unpaired) electrons. The zero-order chi connectivity index (χ0) is 11.7. The molecule has 0 aliphatic heterocycles. The van der Waals surface area contributed by atoms with Crippen LogP contribution in [0.5, 0.6) is 5.75 Å². The van der Waals surface area contributed by atoms with Gasteiger partial charge in [-0.2, -0.15) is 0 Å². The lowest BCUT2D eigenvalue weighted by Gasteiger charge is -2.13. The van der Waals surface area contributed by atoms with Gasteiger partial charge >= 0.3 is 0 Å². The molecule has 0 bridgehead atoms. The van der Waals surface area contributed by atoms with Crippen LogP contribution in [0.3, 0.4) is 0 Å². The number of allylic oxidation sites excluding steroid dienone is 4. The normalized spacial score (nSPS) is 19.4. The standard InChI is InChI=1S/C14H16OS/c1-9-8-11(4-6-13(9)15-3)12-5-7-14(16)10(12)2/h4-8,10,16H,1-3H3. The molecule has 0 fully saturated rings. The third-order valence-electron chi connectivity index (χ3n) is 3.07.